The molecule has 2 heterocycles. The standard InChI is InChI=1S/C13H21BrN4O/c1-10(14)8-11-6-4-3-5-7-18(11)13(19)12-9-17(2)16-15-12/h9-11H,3-8H2,1-2H3. The number of halogens is 1. The topological polar surface area (TPSA) is 51.0 Å². The lowest BCUT2D eigenvalue weighted by molar-refractivity contribution is 0.0668. The third-order valence-electron chi connectivity index (χ3n) is 3.56. The van der Waals surface area contributed by atoms with Crippen LogP contribution in [0.2, 0.25) is 0 Å². The van der Waals surface area contributed by atoms with E-state index in [4.69, 9.17) is 0 Å². The molecule has 0 aromatic carbocycles. The molecule has 1 aliphatic heterocycles. The molecule has 0 bridgehead atoms. The van der Waals surface area contributed by atoms with Crippen molar-refractivity contribution in [3.8, 4) is 0 Å². The van der Waals surface area contributed by atoms with Gasteiger partial charge in [-0.2, -0.15) is 0 Å². The Labute approximate surface area is 122 Å². The van der Waals surface area contributed by atoms with E-state index in [1.807, 2.05) is 4.90 Å². The van der Waals surface area contributed by atoms with Gasteiger partial charge in [-0.1, -0.05) is 40.9 Å². The minimum absolute atomic E-state index is 0.0214. The molecular formula is C13H21BrN4O. The highest BCUT2D eigenvalue weighted by Gasteiger charge is 2.28. The molecule has 0 aliphatic carbocycles. The SMILES string of the molecule is CC(Br)CC1CCCCCN1C(=O)c1cn(C)nn1. The number of hydrogen-bond acceptors (Lipinski definition) is 3. The summed E-state index contributed by atoms with van der Waals surface area (Å²) < 4.78 is 1.58. The van der Waals surface area contributed by atoms with Crippen molar-refractivity contribution in [3.05, 3.63) is 11.9 Å². The van der Waals surface area contributed by atoms with Crippen molar-refractivity contribution in [2.24, 2.45) is 7.05 Å². The Kier molecular flexibility index (Phi) is 4.96. The Morgan fingerprint density at radius 1 is 1.53 bits per heavy atom. The Morgan fingerprint density at radius 2 is 2.32 bits per heavy atom. The number of nitrogens with zero attached hydrogens (tertiary/aromatic N) is 4. The first kappa shape index (κ1) is 14.5. The third kappa shape index (κ3) is 3.78. The van der Waals surface area contributed by atoms with Gasteiger partial charge in [0.05, 0.1) is 6.20 Å². The zero-order valence-electron chi connectivity index (χ0n) is 11.5. The van der Waals surface area contributed by atoms with Crippen LogP contribution in [-0.4, -0.2) is 43.2 Å². The predicted octanol–water partition coefficient (Wildman–Crippen LogP) is 2.37. The van der Waals surface area contributed by atoms with E-state index in [-0.39, 0.29) is 5.91 Å². The van der Waals surface area contributed by atoms with Crippen LogP contribution >= 0.6 is 15.9 Å². The van der Waals surface area contributed by atoms with E-state index < -0.39 is 0 Å². The number of amides is 1. The lowest BCUT2D eigenvalue weighted by Gasteiger charge is -2.30. The van der Waals surface area contributed by atoms with Crippen LogP contribution in [0.25, 0.3) is 0 Å². The largest absolute Gasteiger partial charge is 0.334 e. The van der Waals surface area contributed by atoms with Crippen molar-refractivity contribution in [1.82, 2.24) is 19.9 Å². The number of carbonyl (C=O) groups is 1. The van der Waals surface area contributed by atoms with E-state index in [1.54, 1.807) is 17.9 Å². The van der Waals surface area contributed by atoms with Gasteiger partial charge >= 0.3 is 0 Å². The van der Waals surface area contributed by atoms with Crippen molar-refractivity contribution in [3.63, 3.8) is 0 Å². The van der Waals surface area contributed by atoms with Crippen molar-refractivity contribution >= 4 is 21.8 Å². The maximum Gasteiger partial charge on any atom is 0.276 e. The maximum absolute atomic E-state index is 12.6. The fourth-order valence-corrected chi connectivity index (χ4v) is 3.09. The summed E-state index contributed by atoms with van der Waals surface area (Å²) in [6.45, 7) is 2.97. The number of alkyl halides is 1. The summed E-state index contributed by atoms with van der Waals surface area (Å²) in [5, 5.41) is 7.80. The lowest BCUT2D eigenvalue weighted by atomic mass is 10.0. The highest BCUT2D eigenvalue weighted by molar-refractivity contribution is 9.09. The molecule has 106 valence electrons. The second-order valence-electron chi connectivity index (χ2n) is 5.30. The molecule has 0 N–H and O–H groups in total. The summed E-state index contributed by atoms with van der Waals surface area (Å²) in [5.41, 5.74) is 0.455. The predicted molar refractivity (Wildman–Crippen MR) is 77.3 cm³/mol. The van der Waals surface area contributed by atoms with Gasteiger partial charge in [-0.05, 0) is 19.3 Å². The molecule has 0 radical (unpaired) electrons. The third-order valence-corrected chi connectivity index (χ3v) is 3.93. The second-order valence-corrected chi connectivity index (χ2v) is 6.86. The zero-order valence-corrected chi connectivity index (χ0v) is 13.1. The van der Waals surface area contributed by atoms with Gasteiger partial charge in [-0.25, -0.2) is 0 Å². The summed E-state index contributed by atoms with van der Waals surface area (Å²) in [5.74, 6) is 0.0214. The van der Waals surface area contributed by atoms with Gasteiger partial charge < -0.3 is 4.90 Å². The lowest BCUT2D eigenvalue weighted by Crippen LogP contribution is -2.41. The molecular weight excluding hydrogens is 308 g/mol. The summed E-state index contributed by atoms with van der Waals surface area (Å²) in [7, 11) is 1.78. The van der Waals surface area contributed by atoms with Gasteiger partial charge in [0.1, 0.15) is 0 Å². The molecule has 1 aromatic heterocycles. The number of aryl methyl sites for hydroxylation is 1. The molecule has 0 spiro atoms. The fraction of sp³-hybridized carbons (Fsp3) is 0.769. The molecule has 6 heteroatoms. The Hall–Kier alpha value is -0.910. The average Bonchev–Trinajstić information content (AvgIpc) is 2.65. The van der Waals surface area contributed by atoms with Gasteiger partial charge in [-0.15, -0.1) is 5.10 Å². The first-order chi connectivity index (χ1) is 9.08. The van der Waals surface area contributed by atoms with E-state index in [9.17, 15) is 4.79 Å². The minimum atomic E-state index is 0.0214. The molecule has 2 rings (SSSR count). The van der Waals surface area contributed by atoms with E-state index in [1.165, 1.54) is 12.8 Å². The Morgan fingerprint density at radius 3 is 2.95 bits per heavy atom. The molecule has 1 aromatic rings. The summed E-state index contributed by atoms with van der Waals surface area (Å²) in [6, 6.07) is 0.311. The van der Waals surface area contributed by atoms with Crippen molar-refractivity contribution < 1.29 is 4.79 Å². The van der Waals surface area contributed by atoms with E-state index in [0.717, 1.165) is 25.8 Å². The summed E-state index contributed by atoms with van der Waals surface area (Å²) >= 11 is 3.60. The highest BCUT2D eigenvalue weighted by atomic mass is 79.9. The quantitative estimate of drug-likeness (QED) is 0.800. The molecule has 5 nitrogen and oxygen atoms in total. The number of hydrogen-bond donors (Lipinski definition) is 0. The van der Waals surface area contributed by atoms with Crippen molar-refractivity contribution in [1.29, 1.82) is 0 Å². The smallest absolute Gasteiger partial charge is 0.276 e. The van der Waals surface area contributed by atoms with E-state index in [2.05, 4.69) is 33.2 Å². The van der Waals surface area contributed by atoms with Crippen molar-refractivity contribution in [2.45, 2.75) is 49.9 Å². The fourth-order valence-electron chi connectivity index (χ4n) is 2.66. The van der Waals surface area contributed by atoms with Crippen LogP contribution in [0.4, 0.5) is 0 Å². The molecule has 2 atom stereocenters. The number of rotatable bonds is 3. The summed E-state index contributed by atoms with van der Waals surface area (Å²) in [6.07, 6.45) is 7.26. The minimum Gasteiger partial charge on any atom is -0.334 e. The summed E-state index contributed by atoms with van der Waals surface area (Å²) in [4.78, 5) is 15.0. The molecule has 1 aliphatic rings. The van der Waals surface area contributed by atoms with E-state index in [0.29, 0.717) is 16.6 Å². The Balaban J connectivity index is 2.14. The van der Waals surface area contributed by atoms with Gasteiger partial charge in [0, 0.05) is 24.5 Å². The maximum atomic E-state index is 12.6. The van der Waals surface area contributed by atoms with Gasteiger partial charge in [0.15, 0.2) is 5.69 Å². The molecule has 0 saturated carbocycles. The first-order valence-corrected chi connectivity index (χ1v) is 7.81. The number of aromatic nitrogens is 3. The average molecular weight is 329 g/mol. The van der Waals surface area contributed by atoms with Crippen LogP contribution in [0, 0.1) is 0 Å². The van der Waals surface area contributed by atoms with Crippen LogP contribution in [-0.2, 0) is 7.05 Å². The second kappa shape index (κ2) is 6.50. The van der Waals surface area contributed by atoms with Crippen molar-refractivity contribution in [2.75, 3.05) is 6.54 Å². The molecule has 1 fully saturated rings. The zero-order chi connectivity index (χ0) is 13.8. The van der Waals surface area contributed by atoms with Crippen LogP contribution < -0.4 is 0 Å². The molecule has 1 saturated heterocycles. The molecule has 1 amide bonds. The van der Waals surface area contributed by atoms with Crippen LogP contribution in [0.1, 0.15) is 49.5 Å². The molecule has 2 unspecified atom stereocenters. The van der Waals surface area contributed by atoms with Crippen LogP contribution in [0.5, 0.6) is 0 Å². The molecule has 19 heavy (non-hydrogen) atoms. The first-order valence-electron chi connectivity index (χ1n) is 6.89. The van der Waals surface area contributed by atoms with Crippen LogP contribution in [0.15, 0.2) is 6.20 Å². The Bertz CT molecular complexity index is 432. The normalized spacial score (nSPS) is 22.1. The van der Waals surface area contributed by atoms with Gasteiger partial charge in [-0.3, -0.25) is 9.48 Å². The van der Waals surface area contributed by atoms with Gasteiger partial charge in [0.2, 0.25) is 0 Å². The van der Waals surface area contributed by atoms with Crippen LogP contribution in [0.3, 0.4) is 0 Å². The monoisotopic (exact) mass is 328 g/mol. The van der Waals surface area contributed by atoms with Gasteiger partial charge in [0.25, 0.3) is 5.91 Å². The highest BCUT2D eigenvalue weighted by Crippen LogP contribution is 2.23. The number of carbonyl (C=O) groups excluding carboxylic acids is 1. The number of likely N-dealkylation sites (tertiary alicyclic amines) is 1. The van der Waals surface area contributed by atoms with E-state index >= 15 is 0 Å².